The molecule has 1 saturated heterocycles. The van der Waals surface area contributed by atoms with Crippen molar-refractivity contribution in [3.63, 3.8) is 0 Å². The summed E-state index contributed by atoms with van der Waals surface area (Å²) < 4.78 is 35.5. The van der Waals surface area contributed by atoms with E-state index in [4.69, 9.17) is 12.2 Å². The van der Waals surface area contributed by atoms with Crippen LogP contribution in [0.4, 0.5) is 0 Å². The highest BCUT2D eigenvalue weighted by Gasteiger charge is 2.47. The molecule has 3 aliphatic rings. The molecule has 3 aliphatic heterocycles. The Hall–Kier alpha value is -3.48. The lowest BCUT2D eigenvalue weighted by Gasteiger charge is -2.46. The number of hydrogen-bond donors (Lipinski definition) is 1. The molecule has 7 heteroatoms. The number of hydrogen-bond acceptors (Lipinski definition) is 4. The molecule has 146 valence electrons. The average Bonchev–Trinajstić information content (AvgIpc) is 3.27. The molecule has 1 fully saturated rings. The smallest absolute Gasteiger partial charge is 0.245 e. The number of carbonyl (C=O) groups is 2. The molecule has 1 aromatic heterocycles. The zero-order chi connectivity index (χ0) is 22.4. The minimum atomic E-state index is -2.31. The molecule has 0 aliphatic carbocycles. The highest BCUT2D eigenvalue weighted by Crippen LogP contribution is 2.44. The van der Waals surface area contributed by atoms with Gasteiger partial charge in [-0.1, -0.05) is 24.3 Å². The van der Waals surface area contributed by atoms with Gasteiger partial charge in [-0.3, -0.25) is 9.59 Å². The molecule has 4 heterocycles. The minimum Gasteiger partial charge on any atom is -0.454 e. The van der Waals surface area contributed by atoms with Crippen molar-refractivity contribution >= 4 is 22.7 Å². The van der Waals surface area contributed by atoms with Crippen molar-refractivity contribution in [2.75, 3.05) is 20.3 Å². The number of amides is 2. The van der Waals surface area contributed by atoms with Crippen LogP contribution in [0.25, 0.3) is 10.9 Å². The zero-order valence-corrected chi connectivity index (χ0v) is 15.6. The van der Waals surface area contributed by atoms with Gasteiger partial charge in [0.25, 0.3) is 0 Å². The topological polar surface area (TPSA) is 74.9 Å². The van der Waals surface area contributed by atoms with Gasteiger partial charge in [-0.2, -0.15) is 0 Å². The van der Waals surface area contributed by atoms with E-state index in [0.29, 0.717) is 17.7 Å². The molecule has 7 nitrogen and oxygen atoms in total. The van der Waals surface area contributed by atoms with Crippen molar-refractivity contribution in [2.45, 2.75) is 18.5 Å². The standard InChI is InChI=1S/C22H19N3O4/c1-24-10-19(26)25-16(22(24)27)9-14-13-4-2-3-5-15(13)23-20(14)21(25)12-6-7-17-18(8-12)29-11-28-17/h2-8,16,21,23H,9-11H2,1H3/t16-,21+/m1/s1/i11D2,21D. The van der Waals surface area contributed by atoms with E-state index in [9.17, 15) is 11.0 Å². The molecule has 29 heavy (non-hydrogen) atoms. The summed E-state index contributed by atoms with van der Waals surface area (Å²) in [5.74, 6) is -0.183. The van der Waals surface area contributed by atoms with Gasteiger partial charge in [0, 0.05) is 30.1 Å². The largest absolute Gasteiger partial charge is 0.454 e. The maximum atomic E-state index is 13.2. The van der Waals surface area contributed by atoms with Crippen molar-refractivity contribution < 1.29 is 23.2 Å². The van der Waals surface area contributed by atoms with Crippen LogP contribution in [-0.4, -0.2) is 53.0 Å². The highest BCUT2D eigenvalue weighted by molar-refractivity contribution is 5.97. The lowest BCUT2D eigenvalue weighted by atomic mass is 9.86. The van der Waals surface area contributed by atoms with Gasteiger partial charge in [-0.15, -0.1) is 0 Å². The summed E-state index contributed by atoms with van der Waals surface area (Å²) in [7, 11) is 1.59. The summed E-state index contributed by atoms with van der Waals surface area (Å²) >= 11 is 0. The molecule has 0 bridgehead atoms. The molecule has 3 aromatic rings. The van der Waals surface area contributed by atoms with E-state index in [1.807, 2.05) is 24.3 Å². The number of likely N-dealkylation sites (N-methyl/N-ethyl adjacent to an activating group) is 1. The first-order valence-corrected chi connectivity index (χ1v) is 9.39. The predicted molar refractivity (Wildman–Crippen MR) is 105 cm³/mol. The molecular weight excluding hydrogens is 370 g/mol. The second-order valence-electron chi connectivity index (χ2n) is 7.50. The van der Waals surface area contributed by atoms with Crippen molar-refractivity contribution in [1.82, 2.24) is 14.8 Å². The monoisotopic (exact) mass is 392 g/mol. The van der Waals surface area contributed by atoms with Gasteiger partial charge in [-0.25, -0.2) is 0 Å². The van der Waals surface area contributed by atoms with Gasteiger partial charge in [-0.05, 0) is 29.3 Å². The Morgan fingerprint density at radius 1 is 1.17 bits per heavy atom. The molecule has 1 N–H and O–H groups in total. The third kappa shape index (κ3) is 2.24. The van der Waals surface area contributed by atoms with E-state index in [1.54, 1.807) is 13.1 Å². The van der Waals surface area contributed by atoms with Gasteiger partial charge in [0.1, 0.15) is 8.78 Å². The number of piperazine rings is 1. The van der Waals surface area contributed by atoms with Crippen LogP contribution in [0.5, 0.6) is 11.5 Å². The number of carbonyl (C=O) groups excluding carboxylic acids is 2. The maximum Gasteiger partial charge on any atom is 0.245 e. The number of ether oxygens (including phenoxy) is 2. The van der Waals surface area contributed by atoms with Gasteiger partial charge in [0.15, 0.2) is 11.5 Å². The number of para-hydroxylation sites is 1. The lowest BCUT2D eigenvalue weighted by molar-refractivity contribution is -0.157. The highest BCUT2D eigenvalue weighted by atomic mass is 16.7. The van der Waals surface area contributed by atoms with Crippen molar-refractivity contribution in [1.29, 1.82) is 0 Å². The number of benzene rings is 2. The second kappa shape index (κ2) is 5.76. The fourth-order valence-electron chi connectivity index (χ4n) is 4.50. The van der Waals surface area contributed by atoms with Crippen LogP contribution in [0.2, 0.25) is 0 Å². The number of nitrogens with zero attached hydrogens (tertiary/aromatic N) is 2. The summed E-state index contributed by atoms with van der Waals surface area (Å²) in [6.45, 7) is -2.42. The second-order valence-corrected chi connectivity index (χ2v) is 7.50. The number of H-pyrrole nitrogens is 1. The Labute approximate surface area is 171 Å². The third-order valence-electron chi connectivity index (χ3n) is 5.82. The summed E-state index contributed by atoms with van der Waals surface area (Å²) in [5, 5.41) is 0.907. The van der Waals surface area contributed by atoms with Crippen LogP contribution in [0.1, 0.15) is 27.0 Å². The van der Waals surface area contributed by atoms with E-state index in [-0.39, 0.29) is 29.9 Å². The quantitative estimate of drug-likeness (QED) is 0.689. The zero-order valence-electron chi connectivity index (χ0n) is 18.6. The van der Waals surface area contributed by atoms with E-state index >= 15 is 0 Å². The van der Waals surface area contributed by atoms with E-state index in [1.165, 1.54) is 21.9 Å². The predicted octanol–water partition coefficient (Wildman–Crippen LogP) is 2.21. The molecule has 2 amide bonds. The van der Waals surface area contributed by atoms with Crippen LogP contribution < -0.4 is 9.47 Å². The molecule has 2 aromatic carbocycles. The van der Waals surface area contributed by atoms with Crippen molar-refractivity contribution in [3.8, 4) is 11.5 Å². The first-order valence-electron chi connectivity index (χ1n) is 10.9. The van der Waals surface area contributed by atoms with E-state index < -0.39 is 18.8 Å². The SMILES string of the molecule is [2H]C1([2H])Oc2ccc([C@@]3([2H])c4[nH]c5ccccc5c4C[C@@H]4C(=O)N(C)CC(=O)N43)cc2O1. The van der Waals surface area contributed by atoms with Crippen molar-refractivity contribution in [2.24, 2.45) is 0 Å². The Morgan fingerprint density at radius 2 is 2.00 bits per heavy atom. The fraction of sp³-hybridized carbons (Fsp3) is 0.273. The fourth-order valence-corrected chi connectivity index (χ4v) is 4.50. The lowest BCUT2D eigenvalue weighted by Crippen LogP contribution is -2.62. The first kappa shape index (κ1) is 13.7. The maximum absolute atomic E-state index is 13.2. The van der Waals surface area contributed by atoms with Crippen LogP contribution in [0, 0.1) is 0 Å². The van der Waals surface area contributed by atoms with Crippen LogP contribution in [-0.2, 0) is 16.0 Å². The van der Waals surface area contributed by atoms with Gasteiger partial charge < -0.3 is 24.3 Å². The third-order valence-corrected chi connectivity index (χ3v) is 5.82. The van der Waals surface area contributed by atoms with Crippen molar-refractivity contribution in [3.05, 3.63) is 59.3 Å². The number of rotatable bonds is 1. The normalized spacial score (nSPS) is 28.6. The van der Waals surface area contributed by atoms with Gasteiger partial charge >= 0.3 is 0 Å². The summed E-state index contributed by atoms with van der Waals surface area (Å²) in [6, 6.07) is 9.73. The molecule has 0 unspecified atom stereocenters. The Bertz CT molecular complexity index is 1320. The molecule has 0 saturated carbocycles. The van der Waals surface area contributed by atoms with Gasteiger partial charge in [0.05, 0.1) is 13.9 Å². The summed E-state index contributed by atoms with van der Waals surface area (Å²) in [4.78, 5) is 32.4. The summed E-state index contributed by atoms with van der Waals surface area (Å²) in [6.07, 6.45) is 0.308. The van der Waals surface area contributed by atoms with E-state index in [2.05, 4.69) is 4.98 Å². The van der Waals surface area contributed by atoms with Crippen LogP contribution in [0.15, 0.2) is 42.5 Å². The number of nitrogens with one attached hydrogen (secondary N) is 1. The van der Waals surface area contributed by atoms with Crippen LogP contribution in [0.3, 0.4) is 0 Å². The minimum absolute atomic E-state index is 0.112. The Kier molecular flexibility index (Phi) is 2.71. The van der Waals surface area contributed by atoms with Gasteiger partial charge in [0.2, 0.25) is 18.6 Å². The molecular formula is C22H19N3O4. The van der Waals surface area contributed by atoms with E-state index in [0.717, 1.165) is 16.5 Å². The average molecular weight is 392 g/mol. The number of aromatic nitrogens is 1. The Balaban J connectivity index is 1.61. The number of fused-ring (bicyclic) bond motifs is 5. The van der Waals surface area contributed by atoms with Crippen LogP contribution >= 0.6 is 0 Å². The molecule has 0 radical (unpaired) electrons. The molecule has 2 atom stereocenters. The number of aromatic amines is 1. The molecule has 6 rings (SSSR count). The summed E-state index contributed by atoms with van der Waals surface area (Å²) in [5.41, 5.74) is 2.53. The first-order chi connectivity index (χ1) is 15.2. The Morgan fingerprint density at radius 3 is 2.90 bits per heavy atom. The molecule has 0 spiro atoms.